The predicted molar refractivity (Wildman–Crippen MR) is 87.0 cm³/mol. The van der Waals surface area contributed by atoms with Gasteiger partial charge in [-0.15, -0.1) is 6.58 Å². The number of nitrogens with zero attached hydrogens (tertiary/aromatic N) is 2. The van der Waals surface area contributed by atoms with Gasteiger partial charge in [0.05, 0.1) is 6.10 Å². The van der Waals surface area contributed by atoms with Crippen molar-refractivity contribution in [1.82, 2.24) is 9.21 Å². The molecule has 1 aliphatic rings. The van der Waals surface area contributed by atoms with Crippen LogP contribution in [-0.4, -0.2) is 61.6 Å². The Bertz CT molecular complexity index is 628. The molecule has 1 aromatic carbocycles. The predicted octanol–water partition coefficient (Wildman–Crippen LogP) is 1.46. The third kappa shape index (κ3) is 4.60. The summed E-state index contributed by atoms with van der Waals surface area (Å²) in [6.45, 7) is 5.79. The monoisotopic (exact) mass is 342 g/mol. The van der Waals surface area contributed by atoms with E-state index in [4.69, 9.17) is 0 Å². The molecule has 1 aliphatic heterocycles. The van der Waals surface area contributed by atoms with Gasteiger partial charge in [-0.1, -0.05) is 18.2 Å². The van der Waals surface area contributed by atoms with E-state index in [1.54, 1.807) is 6.08 Å². The molecule has 1 heterocycles. The van der Waals surface area contributed by atoms with Crippen molar-refractivity contribution in [3.8, 4) is 0 Å². The first-order valence-corrected chi connectivity index (χ1v) is 9.15. The molecule has 0 aliphatic carbocycles. The fourth-order valence-electron chi connectivity index (χ4n) is 2.65. The van der Waals surface area contributed by atoms with Crippen LogP contribution in [0.3, 0.4) is 0 Å². The van der Waals surface area contributed by atoms with Crippen LogP contribution in [0.25, 0.3) is 0 Å². The summed E-state index contributed by atoms with van der Waals surface area (Å²) in [7, 11) is -3.80. The quantitative estimate of drug-likeness (QED) is 0.762. The van der Waals surface area contributed by atoms with Gasteiger partial charge in [-0.2, -0.15) is 4.31 Å². The minimum atomic E-state index is -3.80. The number of piperazine rings is 1. The number of benzene rings is 1. The first-order chi connectivity index (χ1) is 10.9. The third-order valence-corrected chi connectivity index (χ3v) is 5.89. The molecule has 1 atom stereocenters. The van der Waals surface area contributed by atoms with Crippen molar-refractivity contribution >= 4 is 10.0 Å². The molecular weight excluding hydrogens is 319 g/mol. The van der Waals surface area contributed by atoms with Crippen molar-refractivity contribution in [1.29, 1.82) is 0 Å². The molecule has 0 bridgehead atoms. The maximum absolute atomic E-state index is 13.7. The van der Waals surface area contributed by atoms with Gasteiger partial charge < -0.3 is 5.11 Å². The first kappa shape index (κ1) is 18.1. The summed E-state index contributed by atoms with van der Waals surface area (Å²) < 4.78 is 40.0. The molecule has 7 heteroatoms. The SMILES string of the molecule is C=CCCC(O)CN1CCN(S(=O)(=O)c2ccccc2F)CC1. The van der Waals surface area contributed by atoms with Crippen molar-refractivity contribution in [2.75, 3.05) is 32.7 Å². The van der Waals surface area contributed by atoms with Gasteiger partial charge in [-0.25, -0.2) is 12.8 Å². The van der Waals surface area contributed by atoms with Gasteiger partial charge in [0.2, 0.25) is 10.0 Å². The van der Waals surface area contributed by atoms with Crippen molar-refractivity contribution in [3.05, 3.63) is 42.7 Å². The topological polar surface area (TPSA) is 60.9 Å². The summed E-state index contributed by atoms with van der Waals surface area (Å²) in [5.41, 5.74) is 0. The zero-order valence-electron chi connectivity index (χ0n) is 13.1. The minimum Gasteiger partial charge on any atom is -0.392 e. The summed E-state index contributed by atoms with van der Waals surface area (Å²) in [4.78, 5) is 1.75. The summed E-state index contributed by atoms with van der Waals surface area (Å²) in [5.74, 6) is -0.727. The number of hydrogen-bond acceptors (Lipinski definition) is 4. The van der Waals surface area contributed by atoms with Crippen LogP contribution in [-0.2, 0) is 10.0 Å². The highest BCUT2D eigenvalue weighted by Gasteiger charge is 2.30. The lowest BCUT2D eigenvalue weighted by molar-refractivity contribution is 0.0871. The molecule has 1 aromatic rings. The second-order valence-corrected chi connectivity index (χ2v) is 7.56. The second-order valence-electron chi connectivity index (χ2n) is 5.65. The molecule has 1 fully saturated rings. The molecule has 5 nitrogen and oxygen atoms in total. The molecule has 1 N–H and O–H groups in total. The van der Waals surface area contributed by atoms with E-state index < -0.39 is 21.9 Å². The van der Waals surface area contributed by atoms with Crippen LogP contribution in [0.5, 0.6) is 0 Å². The van der Waals surface area contributed by atoms with E-state index in [1.165, 1.54) is 22.5 Å². The molecular formula is C16H23FN2O3S. The zero-order chi connectivity index (χ0) is 16.9. The van der Waals surface area contributed by atoms with Crippen LogP contribution in [0, 0.1) is 5.82 Å². The lowest BCUT2D eigenvalue weighted by Crippen LogP contribution is -2.50. The van der Waals surface area contributed by atoms with Crippen molar-refractivity contribution in [2.45, 2.75) is 23.8 Å². The summed E-state index contributed by atoms with van der Waals surface area (Å²) in [6.07, 6.45) is 2.73. The molecule has 0 amide bonds. The Labute approximate surface area is 137 Å². The number of aliphatic hydroxyl groups excluding tert-OH is 1. The number of halogens is 1. The van der Waals surface area contributed by atoms with Crippen molar-refractivity contribution in [2.24, 2.45) is 0 Å². The van der Waals surface area contributed by atoms with E-state index >= 15 is 0 Å². The van der Waals surface area contributed by atoms with Gasteiger partial charge in [0.15, 0.2) is 0 Å². The Hall–Kier alpha value is -1.28. The Balaban J connectivity index is 1.94. The van der Waals surface area contributed by atoms with E-state index in [0.717, 1.165) is 12.5 Å². The van der Waals surface area contributed by atoms with Crippen LogP contribution in [0.4, 0.5) is 4.39 Å². The Kier molecular flexibility index (Phi) is 6.29. The smallest absolute Gasteiger partial charge is 0.246 e. The van der Waals surface area contributed by atoms with Gasteiger partial charge in [0.25, 0.3) is 0 Å². The maximum atomic E-state index is 13.7. The van der Waals surface area contributed by atoms with Crippen molar-refractivity contribution in [3.63, 3.8) is 0 Å². The van der Waals surface area contributed by atoms with Crippen LogP contribution >= 0.6 is 0 Å². The largest absolute Gasteiger partial charge is 0.392 e. The summed E-state index contributed by atoms with van der Waals surface area (Å²) in [5, 5.41) is 9.90. The molecule has 2 rings (SSSR count). The lowest BCUT2D eigenvalue weighted by Gasteiger charge is -2.34. The fraction of sp³-hybridized carbons (Fsp3) is 0.500. The third-order valence-electron chi connectivity index (χ3n) is 3.96. The highest BCUT2D eigenvalue weighted by Crippen LogP contribution is 2.20. The number of β-amino-alcohol motifs (C(OH)–C–C–N with tert-alkyl or cyclic N) is 1. The van der Waals surface area contributed by atoms with Crippen LogP contribution in [0.15, 0.2) is 41.8 Å². The van der Waals surface area contributed by atoms with E-state index in [1.807, 2.05) is 4.90 Å². The molecule has 1 saturated heterocycles. The maximum Gasteiger partial charge on any atom is 0.246 e. The van der Waals surface area contributed by atoms with E-state index in [-0.39, 0.29) is 4.90 Å². The summed E-state index contributed by atoms with van der Waals surface area (Å²) in [6, 6.07) is 5.42. The van der Waals surface area contributed by atoms with Gasteiger partial charge in [0.1, 0.15) is 10.7 Å². The van der Waals surface area contributed by atoms with Crippen LogP contribution in [0.2, 0.25) is 0 Å². The standard InChI is InChI=1S/C16H23FN2O3S/c1-2-3-6-14(20)13-18-9-11-19(12-10-18)23(21,22)16-8-5-4-7-15(16)17/h2,4-5,7-8,14,20H,1,3,6,9-13H2. The van der Waals surface area contributed by atoms with Crippen LogP contribution < -0.4 is 0 Å². The average molecular weight is 342 g/mol. The average Bonchev–Trinajstić information content (AvgIpc) is 2.53. The molecule has 23 heavy (non-hydrogen) atoms. The number of hydrogen-bond donors (Lipinski definition) is 1. The molecule has 0 saturated carbocycles. The molecule has 0 aromatic heterocycles. The Morgan fingerprint density at radius 3 is 2.52 bits per heavy atom. The lowest BCUT2D eigenvalue weighted by atomic mass is 10.2. The highest BCUT2D eigenvalue weighted by atomic mass is 32.2. The minimum absolute atomic E-state index is 0.278. The fourth-order valence-corrected chi connectivity index (χ4v) is 4.13. The Morgan fingerprint density at radius 2 is 1.91 bits per heavy atom. The molecule has 0 spiro atoms. The van der Waals surface area contributed by atoms with E-state index in [9.17, 15) is 17.9 Å². The van der Waals surface area contributed by atoms with Gasteiger partial charge >= 0.3 is 0 Å². The molecule has 0 radical (unpaired) electrons. The Morgan fingerprint density at radius 1 is 1.26 bits per heavy atom. The summed E-state index contributed by atoms with van der Waals surface area (Å²) >= 11 is 0. The molecule has 128 valence electrons. The van der Waals surface area contributed by atoms with Gasteiger partial charge in [-0.3, -0.25) is 4.90 Å². The number of aliphatic hydroxyl groups is 1. The molecule has 1 unspecified atom stereocenters. The van der Waals surface area contributed by atoms with Gasteiger partial charge in [-0.05, 0) is 25.0 Å². The van der Waals surface area contributed by atoms with Crippen LogP contribution in [0.1, 0.15) is 12.8 Å². The zero-order valence-corrected chi connectivity index (χ0v) is 13.9. The van der Waals surface area contributed by atoms with Crippen molar-refractivity contribution < 1.29 is 17.9 Å². The van der Waals surface area contributed by atoms with E-state index in [2.05, 4.69) is 6.58 Å². The normalized spacial score (nSPS) is 18.7. The van der Waals surface area contributed by atoms with E-state index in [0.29, 0.717) is 39.1 Å². The number of allylic oxidation sites excluding steroid dienone is 1. The number of rotatable bonds is 7. The first-order valence-electron chi connectivity index (χ1n) is 7.71. The van der Waals surface area contributed by atoms with Gasteiger partial charge in [0, 0.05) is 32.7 Å². The highest BCUT2D eigenvalue weighted by molar-refractivity contribution is 7.89. The second kappa shape index (κ2) is 8.01. The number of sulfonamides is 1.